The summed E-state index contributed by atoms with van der Waals surface area (Å²) in [5.41, 5.74) is 2.18. The van der Waals surface area contributed by atoms with Crippen molar-refractivity contribution in [2.75, 3.05) is 11.9 Å². The van der Waals surface area contributed by atoms with Gasteiger partial charge in [0.2, 0.25) is 0 Å². The van der Waals surface area contributed by atoms with E-state index in [2.05, 4.69) is 51.5 Å². The van der Waals surface area contributed by atoms with Crippen molar-refractivity contribution >= 4 is 33.3 Å². The Hall–Kier alpha value is -0.850. The molecule has 0 fully saturated rings. The first-order chi connectivity index (χ1) is 9.04. The van der Waals surface area contributed by atoms with Crippen molar-refractivity contribution < 1.29 is 4.42 Å². The molecule has 0 saturated heterocycles. The van der Waals surface area contributed by atoms with Gasteiger partial charge in [0, 0.05) is 26.2 Å². The maximum absolute atomic E-state index is 5.50. The van der Waals surface area contributed by atoms with Gasteiger partial charge in [0.25, 0.3) is 6.01 Å². The van der Waals surface area contributed by atoms with E-state index < -0.39 is 0 Å². The molecule has 4 nitrogen and oxygen atoms in total. The quantitative estimate of drug-likeness (QED) is 0.869. The minimum atomic E-state index is 0.445. The van der Waals surface area contributed by atoms with E-state index in [1.807, 2.05) is 11.9 Å². The maximum atomic E-state index is 5.50. The smallest absolute Gasteiger partial charge is 0.297 e. The number of hydrogen-bond acceptors (Lipinski definition) is 5. The van der Waals surface area contributed by atoms with Crippen LogP contribution in [-0.2, 0) is 13.1 Å². The molecule has 0 amide bonds. The highest BCUT2D eigenvalue weighted by molar-refractivity contribution is 9.11. The van der Waals surface area contributed by atoms with Crippen LogP contribution in [0.4, 0.5) is 6.01 Å². The van der Waals surface area contributed by atoms with Gasteiger partial charge in [-0.1, -0.05) is 13.8 Å². The van der Waals surface area contributed by atoms with E-state index in [1.165, 1.54) is 5.56 Å². The molecular weight excluding hydrogens is 326 g/mol. The van der Waals surface area contributed by atoms with E-state index in [0.29, 0.717) is 12.1 Å². The lowest BCUT2D eigenvalue weighted by Crippen LogP contribution is -2.22. The van der Waals surface area contributed by atoms with Crippen molar-refractivity contribution in [3.05, 3.63) is 32.8 Å². The second-order valence-electron chi connectivity index (χ2n) is 4.77. The van der Waals surface area contributed by atoms with Gasteiger partial charge in [-0.05, 0) is 32.9 Å². The molecule has 2 aromatic heterocycles. The Morgan fingerprint density at radius 2 is 2.32 bits per heavy atom. The predicted octanol–water partition coefficient (Wildman–Crippen LogP) is 3.63. The fourth-order valence-corrected chi connectivity index (χ4v) is 2.83. The van der Waals surface area contributed by atoms with E-state index >= 15 is 0 Å². The highest BCUT2D eigenvalue weighted by Gasteiger charge is 2.10. The summed E-state index contributed by atoms with van der Waals surface area (Å²) in [5.74, 6) is 0. The highest BCUT2D eigenvalue weighted by Crippen LogP contribution is 2.23. The molecule has 0 aliphatic rings. The first kappa shape index (κ1) is 14.6. The van der Waals surface area contributed by atoms with Crippen molar-refractivity contribution in [3.63, 3.8) is 0 Å². The van der Waals surface area contributed by atoms with E-state index in [9.17, 15) is 0 Å². The molecular formula is C13H18BrN3OS. The Morgan fingerprint density at radius 1 is 1.53 bits per heavy atom. The van der Waals surface area contributed by atoms with Crippen molar-refractivity contribution in [1.29, 1.82) is 0 Å². The zero-order chi connectivity index (χ0) is 13.8. The van der Waals surface area contributed by atoms with Gasteiger partial charge in [0.1, 0.15) is 6.26 Å². The molecule has 104 valence electrons. The molecule has 0 radical (unpaired) electrons. The molecule has 0 atom stereocenters. The van der Waals surface area contributed by atoms with Crippen molar-refractivity contribution in [2.24, 2.45) is 0 Å². The largest absolute Gasteiger partial charge is 0.432 e. The lowest BCUT2D eigenvalue weighted by molar-refractivity contribution is 0.540. The standard InChI is InChI=1S/C13H18BrN3OS/c1-9(2)15-5-11-7-18-13(16-11)17(3)6-10-4-12(14)19-8-10/h4,7-9,15H,5-6H2,1-3H3. The van der Waals surface area contributed by atoms with Crippen LogP contribution in [0.25, 0.3) is 0 Å². The number of halogens is 1. The summed E-state index contributed by atoms with van der Waals surface area (Å²) < 4.78 is 6.65. The van der Waals surface area contributed by atoms with Gasteiger partial charge in [-0.2, -0.15) is 4.98 Å². The van der Waals surface area contributed by atoms with Gasteiger partial charge in [-0.3, -0.25) is 0 Å². The van der Waals surface area contributed by atoms with Gasteiger partial charge in [0.05, 0.1) is 9.48 Å². The van der Waals surface area contributed by atoms with Crippen LogP contribution < -0.4 is 10.2 Å². The number of thiophene rings is 1. The van der Waals surface area contributed by atoms with Gasteiger partial charge < -0.3 is 14.6 Å². The van der Waals surface area contributed by atoms with E-state index in [-0.39, 0.29) is 0 Å². The van der Waals surface area contributed by atoms with Crippen LogP contribution in [-0.4, -0.2) is 18.1 Å². The number of nitrogens with one attached hydrogen (secondary N) is 1. The Balaban J connectivity index is 1.94. The van der Waals surface area contributed by atoms with Crippen molar-refractivity contribution in [2.45, 2.75) is 33.0 Å². The van der Waals surface area contributed by atoms with Crippen molar-refractivity contribution in [1.82, 2.24) is 10.3 Å². The monoisotopic (exact) mass is 343 g/mol. The second-order valence-corrected chi connectivity index (χ2v) is 7.06. The molecule has 6 heteroatoms. The number of nitrogens with zero attached hydrogens (tertiary/aromatic N) is 2. The Bertz CT molecular complexity index is 523. The number of aromatic nitrogens is 1. The Kier molecular flexibility index (Phi) is 5.01. The summed E-state index contributed by atoms with van der Waals surface area (Å²) >= 11 is 5.16. The van der Waals surface area contributed by atoms with Crippen LogP contribution in [0.3, 0.4) is 0 Å². The van der Waals surface area contributed by atoms with E-state index in [4.69, 9.17) is 4.42 Å². The zero-order valence-electron chi connectivity index (χ0n) is 11.3. The third-order valence-corrected chi connectivity index (χ3v) is 4.15. The van der Waals surface area contributed by atoms with Crippen LogP contribution >= 0.6 is 27.3 Å². The molecule has 0 aliphatic heterocycles. The number of oxazole rings is 1. The third-order valence-electron chi connectivity index (χ3n) is 2.60. The summed E-state index contributed by atoms with van der Waals surface area (Å²) in [6, 6.07) is 3.22. The minimum absolute atomic E-state index is 0.445. The first-order valence-corrected chi connectivity index (χ1v) is 7.83. The van der Waals surface area contributed by atoms with Crippen LogP contribution in [0.2, 0.25) is 0 Å². The molecule has 19 heavy (non-hydrogen) atoms. The zero-order valence-corrected chi connectivity index (χ0v) is 13.7. The third kappa shape index (κ3) is 4.33. The summed E-state index contributed by atoms with van der Waals surface area (Å²) in [6.45, 7) is 5.75. The van der Waals surface area contributed by atoms with Gasteiger partial charge >= 0.3 is 0 Å². The lowest BCUT2D eigenvalue weighted by atomic mass is 10.3. The second kappa shape index (κ2) is 6.54. The minimum Gasteiger partial charge on any atom is -0.432 e. The summed E-state index contributed by atoms with van der Waals surface area (Å²) in [7, 11) is 1.98. The fraction of sp³-hybridized carbons (Fsp3) is 0.462. The molecule has 0 saturated carbocycles. The Labute approximate surface area is 126 Å². The lowest BCUT2D eigenvalue weighted by Gasteiger charge is -2.12. The molecule has 0 aliphatic carbocycles. The summed E-state index contributed by atoms with van der Waals surface area (Å²) in [5, 5.41) is 5.45. The van der Waals surface area contributed by atoms with Crippen LogP contribution in [0.1, 0.15) is 25.1 Å². The number of anilines is 1. The number of hydrogen-bond donors (Lipinski definition) is 1. The summed E-state index contributed by atoms with van der Waals surface area (Å²) in [6.07, 6.45) is 1.71. The van der Waals surface area contributed by atoms with Crippen LogP contribution in [0, 0.1) is 0 Å². The van der Waals surface area contributed by atoms with Crippen LogP contribution in [0.15, 0.2) is 25.9 Å². The van der Waals surface area contributed by atoms with Gasteiger partial charge in [-0.15, -0.1) is 11.3 Å². The first-order valence-electron chi connectivity index (χ1n) is 6.16. The van der Waals surface area contributed by atoms with E-state index in [0.717, 1.165) is 22.6 Å². The molecule has 2 rings (SSSR count). The topological polar surface area (TPSA) is 41.3 Å². The SMILES string of the molecule is CC(C)NCc1coc(N(C)Cc2csc(Br)c2)n1. The number of rotatable bonds is 6. The Morgan fingerprint density at radius 3 is 2.95 bits per heavy atom. The van der Waals surface area contributed by atoms with Gasteiger partial charge in [0.15, 0.2) is 0 Å². The fourth-order valence-electron chi connectivity index (χ4n) is 1.63. The highest BCUT2D eigenvalue weighted by atomic mass is 79.9. The molecule has 2 heterocycles. The maximum Gasteiger partial charge on any atom is 0.297 e. The molecule has 2 aromatic rings. The normalized spacial score (nSPS) is 11.2. The average Bonchev–Trinajstić information content (AvgIpc) is 2.95. The van der Waals surface area contributed by atoms with Gasteiger partial charge in [-0.25, -0.2) is 0 Å². The van der Waals surface area contributed by atoms with E-state index in [1.54, 1.807) is 17.6 Å². The average molecular weight is 344 g/mol. The van der Waals surface area contributed by atoms with Crippen LogP contribution in [0.5, 0.6) is 0 Å². The predicted molar refractivity (Wildman–Crippen MR) is 82.6 cm³/mol. The molecule has 1 N–H and O–H groups in total. The summed E-state index contributed by atoms with van der Waals surface area (Å²) in [4.78, 5) is 6.48. The molecule has 0 bridgehead atoms. The molecule has 0 spiro atoms. The molecule has 0 aromatic carbocycles. The van der Waals surface area contributed by atoms with Crippen molar-refractivity contribution in [3.8, 4) is 0 Å². The molecule has 0 unspecified atom stereocenters.